The third-order valence-corrected chi connectivity index (χ3v) is 3.33. The lowest BCUT2D eigenvalue weighted by Gasteiger charge is -2.37. The van der Waals surface area contributed by atoms with Crippen LogP contribution in [0, 0.1) is 5.82 Å². The number of benzene rings is 1. The van der Waals surface area contributed by atoms with E-state index in [-0.39, 0.29) is 5.82 Å². The van der Waals surface area contributed by atoms with E-state index in [0.29, 0.717) is 18.0 Å². The highest BCUT2D eigenvalue weighted by Gasteiger charge is 2.30. The second-order valence-corrected chi connectivity index (χ2v) is 4.61. The van der Waals surface area contributed by atoms with Gasteiger partial charge in [0.15, 0.2) is 0 Å². The molecule has 0 amide bonds. The molecule has 1 aliphatic rings. The van der Waals surface area contributed by atoms with E-state index in [4.69, 9.17) is 0 Å². The predicted octanol–water partition coefficient (Wildman–Crippen LogP) is 3.24. The maximum absolute atomic E-state index is 12.7. The van der Waals surface area contributed by atoms with Gasteiger partial charge >= 0.3 is 0 Å². The molecule has 0 bridgehead atoms. The summed E-state index contributed by atoms with van der Waals surface area (Å²) in [4.78, 5) is 0. The Morgan fingerprint density at radius 1 is 1.38 bits per heavy atom. The van der Waals surface area contributed by atoms with Crippen molar-refractivity contribution in [3.8, 4) is 0 Å². The first-order valence-electron chi connectivity index (χ1n) is 5.83. The summed E-state index contributed by atoms with van der Waals surface area (Å²) in [7, 11) is 0. The Morgan fingerprint density at radius 3 is 2.56 bits per heavy atom. The molecular formula is C14H18FN. The fourth-order valence-corrected chi connectivity index (χ4v) is 2.20. The van der Waals surface area contributed by atoms with Crippen LogP contribution in [0.1, 0.15) is 31.2 Å². The SMILES string of the molecule is C=CC(C)NC1CC(c2ccc(F)cc2)C1. The third kappa shape index (κ3) is 2.50. The lowest BCUT2D eigenvalue weighted by molar-refractivity contribution is 0.282. The molecule has 1 atom stereocenters. The van der Waals surface area contributed by atoms with Gasteiger partial charge in [0, 0.05) is 12.1 Å². The van der Waals surface area contributed by atoms with Crippen LogP contribution in [-0.4, -0.2) is 12.1 Å². The van der Waals surface area contributed by atoms with E-state index in [2.05, 4.69) is 18.8 Å². The first kappa shape index (κ1) is 11.3. The van der Waals surface area contributed by atoms with Crippen molar-refractivity contribution in [2.24, 2.45) is 0 Å². The quantitative estimate of drug-likeness (QED) is 0.767. The Kier molecular flexibility index (Phi) is 3.39. The smallest absolute Gasteiger partial charge is 0.123 e. The Labute approximate surface area is 96.4 Å². The van der Waals surface area contributed by atoms with E-state index in [0.717, 1.165) is 12.8 Å². The predicted molar refractivity (Wildman–Crippen MR) is 65.0 cm³/mol. The summed E-state index contributed by atoms with van der Waals surface area (Å²) in [6, 6.07) is 7.84. The number of hydrogen-bond acceptors (Lipinski definition) is 1. The van der Waals surface area contributed by atoms with E-state index in [1.807, 2.05) is 18.2 Å². The van der Waals surface area contributed by atoms with Crippen LogP contribution in [0.4, 0.5) is 4.39 Å². The van der Waals surface area contributed by atoms with Crippen LogP contribution < -0.4 is 5.32 Å². The summed E-state index contributed by atoms with van der Waals surface area (Å²) >= 11 is 0. The van der Waals surface area contributed by atoms with Crippen LogP contribution in [0.5, 0.6) is 0 Å². The lowest BCUT2D eigenvalue weighted by Crippen LogP contribution is -2.43. The molecule has 0 aromatic heterocycles. The number of nitrogens with one attached hydrogen (secondary N) is 1. The van der Waals surface area contributed by atoms with Crippen LogP contribution in [0.15, 0.2) is 36.9 Å². The minimum absolute atomic E-state index is 0.155. The molecule has 1 nitrogen and oxygen atoms in total. The van der Waals surface area contributed by atoms with Gasteiger partial charge in [0.25, 0.3) is 0 Å². The molecule has 1 unspecified atom stereocenters. The highest BCUT2D eigenvalue weighted by atomic mass is 19.1. The highest BCUT2D eigenvalue weighted by Crippen LogP contribution is 2.36. The maximum Gasteiger partial charge on any atom is 0.123 e. The van der Waals surface area contributed by atoms with Gasteiger partial charge in [-0.05, 0) is 43.4 Å². The maximum atomic E-state index is 12.7. The van der Waals surface area contributed by atoms with Crippen LogP contribution in [0.3, 0.4) is 0 Å². The highest BCUT2D eigenvalue weighted by molar-refractivity contribution is 5.23. The molecule has 1 N–H and O–H groups in total. The first-order valence-corrected chi connectivity index (χ1v) is 5.83. The Hall–Kier alpha value is -1.15. The van der Waals surface area contributed by atoms with Crippen molar-refractivity contribution >= 4 is 0 Å². The van der Waals surface area contributed by atoms with Gasteiger partial charge in [-0.1, -0.05) is 18.2 Å². The number of rotatable bonds is 4. The molecule has 1 fully saturated rings. The molecule has 2 heteroatoms. The Bertz CT molecular complexity index is 352. The van der Waals surface area contributed by atoms with Crippen molar-refractivity contribution in [1.82, 2.24) is 5.32 Å². The molecule has 1 aromatic rings. The summed E-state index contributed by atoms with van der Waals surface area (Å²) < 4.78 is 12.7. The molecule has 1 aliphatic carbocycles. The molecule has 1 saturated carbocycles. The van der Waals surface area contributed by atoms with Crippen molar-refractivity contribution in [3.05, 3.63) is 48.3 Å². The summed E-state index contributed by atoms with van der Waals surface area (Å²) in [5, 5.41) is 3.48. The van der Waals surface area contributed by atoms with Crippen molar-refractivity contribution in [2.75, 3.05) is 0 Å². The fourth-order valence-electron chi connectivity index (χ4n) is 2.20. The normalized spacial score (nSPS) is 25.9. The summed E-state index contributed by atoms with van der Waals surface area (Å²) in [5.41, 5.74) is 1.26. The van der Waals surface area contributed by atoms with E-state index in [1.165, 1.54) is 5.56 Å². The molecule has 0 saturated heterocycles. The van der Waals surface area contributed by atoms with Gasteiger partial charge in [-0.15, -0.1) is 6.58 Å². The van der Waals surface area contributed by atoms with Crippen molar-refractivity contribution in [2.45, 2.75) is 37.8 Å². The molecule has 86 valence electrons. The molecule has 1 aromatic carbocycles. The van der Waals surface area contributed by atoms with E-state index < -0.39 is 0 Å². The fraction of sp³-hybridized carbons (Fsp3) is 0.429. The largest absolute Gasteiger partial charge is 0.308 e. The van der Waals surface area contributed by atoms with Crippen LogP contribution >= 0.6 is 0 Å². The molecule has 0 radical (unpaired) electrons. The van der Waals surface area contributed by atoms with Gasteiger partial charge in [-0.3, -0.25) is 0 Å². The average Bonchev–Trinajstić information content (AvgIpc) is 2.24. The average molecular weight is 219 g/mol. The summed E-state index contributed by atoms with van der Waals surface area (Å²) in [6.07, 6.45) is 4.21. The van der Waals surface area contributed by atoms with Gasteiger partial charge < -0.3 is 5.32 Å². The zero-order valence-electron chi connectivity index (χ0n) is 9.62. The minimum Gasteiger partial charge on any atom is -0.308 e. The van der Waals surface area contributed by atoms with Crippen molar-refractivity contribution in [3.63, 3.8) is 0 Å². The zero-order chi connectivity index (χ0) is 11.5. The standard InChI is InChI=1S/C14H18FN/c1-3-10(2)16-14-8-12(9-14)11-4-6-13(15)7-5-11/h3-7,10,12,14,16H,1,8-9H2,2H3. The summed E-state index contributed by atoms with van der Waals surface area (Å²) in [6.45, 7) is 5.86. The van der Waals surface area contributed by atoms with Crippen LogP contribution in [-0.2, 0) is 0 Å². The van der Waals surface area contributed by atoms with Gasteiger partial charge in [0.1, 0.15) is 5.82 Å². The van der Waals surface area contributed by atoms with Gasteiger partial charge in [0.2, 0.25) is 0 Å². The second-order valence-electron chi connectivity index (χ2n) is 4.61. The van der Waals surface area contributed by atoms with E-state index in [1.54, 1.807) is 12.1 Å². The van der Waals surface area contributed by atoms with Gasteiger partial charge in [-0.2, -0.15) is 0 Å². The monoisotopic (exact) mass is 219 g/mol. The van der Waals surface area contributed by atoms with Gasteiger partial charge in [-0.25, -0.2) is 4.39 Å². The van der Waals surface area contributed by atoms with E-state index in [9.17, 15) is 4.39 Å². The Balaban J connectivity index is 1.84. The number of hydrogen-bond donors (Lipinski definition) is 1. The van der Waals surface area contributed by atoms with Crippen molar-refractivity contribution < 1.29 is 4.39 Å². The zero-order valence-corrected chi connectivity index (χ0v) is 9.62. The molecule has 0 heterocycles. The lowest BCUT2D eigenvalue weighted by atomic mass is 9.75. The third-order valence-electron chi connectivity index (χ3n) is 3.33. The van der Waals surface area contributed by atoms with Crippen molar-refractivity contribution in [1.29, 1.82) is 0 Å². The summed E-state index contributed by atoms with van der Waals surface area (Å²) in [5.74, 6) is 0.438. The molecule has 16 heavy (non-hydrogen) atoms. The topological polar surface area (TPSA) is 12.0 Å². The second kappa shape index (κ2) is 4.79. The molecule has 2 rings (SSSR count). The minimum atomic E-state index is -0.155. The van der Waals surface area contributed by atoms with Gasteiger partial charge in [0.05, 0.1) is 0 Å². The number of halogens is 1. The van der Waals surface area contributed by atoms with Crippen LogP contribution in [0.2, 0.25) is 0 Å². The first-order chi connectivity index (χ1) is 7.69. The Morgan fingerprint density at radius 2 is 2.00 bits per heavy atom. The molecule has 0 spiro atoms. The van der Waals surface area contributed by atoms with Crippen LogP contribution in [0.25, 0.3) is 0 Å². The molecule has 0 aliphatic heterocycles. The molecular weight excluding hydrogens is 201 g/mol. The van der Waals surface area contributed by atoms with E-state index >= 15 is 0 Å².